The molecule has 4 aromatic carbocycles. The molecule has 0 saturated carbocycles. The van der Waals surface area contributed by atoms with E-state index in [1.54, 1.807) is 24.3 Å². The van der Waals surface area contributed by atoms with Crippen LogP contribution in [0.5, 0.6) is 5.75 Å². The van der Waals surface area contributed by atoms with E-state index in [9.17, 15) is 20.2 Å². The summed E-state index contributed by atoms with van der Waals surface area (Å²) in [6.07, 6.45) is 1.42. The highest BCUT2D eigenvalue weighted by atomic mass is 35.5. The molecule has 0 saturated heterocycles. The largest absolute Gasteiger partial charge is 0.489 e. The lowest BCUT2D eigenvalue weighted by Gasteiger charge is -2.10. The highest BCUT2D eigenvalue weighted by molar-refractivity contribution is 6.32. The molecule has 0 unspecified atom stereocenters. The summed E-state index contributed by atoms with van der Waals surface area (Å²) in [6, 6.07) is 26.8. The first kappa shape index (κ1) is 23.5. The van der Waals surface area contributed by atoms with E-state index in [-0.39, 0.29) is 22.0 Å². The Bertz CT molecular complexity index is 1500. The van der Waals surface area contributed by atoms with Crippen molar-refractivity contribution in [3.63, 3.8) is 0 Å². The van der Waals surface area contributed by atoms with Crippen molar-refractivity contribution in [1.29, 1.82) is 5.26 Å². The molecule has 0 heterocycles. The van der Waals surface area contributed by atoms with Gasteiger partial charge in [-0.05, 0) is 52.2 Å². The zero-order chi connectivity index (χ0) is 24.8. The number of carbonyl (C=O) groups is 1. The van der Waals surface area contributed by atoms with Gasteiger partial charge in [-0.3, -0.25) is 14.9 Å². The number of nitro benzene ring substituents is 1. The van der Waals surface area contributed by atoms with Crippen molar-refractivity contribution >= 4 is 45.7 Å². The zero-order valence-corrected chi connectivity index (χ0v) is 19.0. The van der Waals surface area contributed by atoms with Crippen LogP contribution in [0.1, 0.15) is 11.1 Å². The van der Waals surface area contributed by atoms with Gasteiger partial charge < -0.3 is 10.1 Å². The molecule has 0 aliphatic rings. The number of hydrogen-bond acceptors (Lipinski definition) is 5. The van der Waals surface area contributed by atoms with Crippen LogP contribution in [0.3, 0.4) is 0 Å². The Morgan fingerprint density at radius 3 is 2.63 bits per heavy atom. The van der Waals surface area contributed by atoms with Gasteiger partial charge in [0.05, 0.1) is 4.92 Å². The van der Waals surface area contributed by atoms with E-state index in [1.807, 2.05) is 48.5 Å². The average molecular weight is 484 g/mol. The number of nitrogens with one attached hydrogen (secondary N) is 1. The first-order valence-corrected chi connectivity index (χ1v) is 10.9. The highest BCUT2D eigenvalue weighted by Gasteiger charge is 2.16. The number of anilines is 1. The maximum Gasteiger partial charge on any atom is 0.289 e. The van der Waals surface area contributed by atoms with Gasteiger partial charge in [-0.2, -0.15) is 5.26 Å². The molecule has 0 bridgehead atoms. The van der Waals surface area contributed by atoms with Gasteiger partial charge in [0.1, 0.15) is 29.0 Å². The van der Waals surface area contributed by atoms with E-state index in [4.69, 9.17) is 16.3 Å². The third-order valence-electron chi connectivity index (χ3n) is 5.21. The molecule has 0 aliphatic heterocycles. The second kappa shape index (κ2) is 10.5. The van der Waals surface area contributed by atoms with Crippen molar-refractivity contribution in [1.82, 2.24) is 0 Å². The van der Waals surface area contributed by atoms with Crippen molar-refractivity contribution in [3.05, 3.63) is 117 Å². The van der Waals surface area contributed by atoms with Crippen LogP contribution in [-0.2, 0) is 11.4 Å². The Labute approximate surface area is 206 Å². The fourth-order valence-corrected chi connectivity index (χ4v) is 3.70. The summed E-state index contributed by atoms with van der Waals surface area (Å²) < 4.78 is 5.97. The number of ether oxygens (including phenoxy) is 1. The number of nitro groups is 1. The fraction of sp³-hybridized carbons (Fsp3) is 0.0370. The molecule has 0 aromatic heterocycles. The minimum Gasteiger partial charge on any atom is -0.489 e. The third-order valence-corrected chi connectivity index (χ3v) is 5.53. The normalized spacial score (nSPS) is 11.0. The Hall–Kier alpha value is -4.67. The van der Waals surface area contributed by atoms with Gasteiger partial charge in [-0.25, -0.2) is 0 Å². The number of hydrogen-bond donors (Lipinski definition) is 1. The van der Waals surface area contributed by atoms with E-state index in [0.717, 1.165) is 22.4 Å². The molecule has 4 rings (SSSR count). The molecule has 4 aromatic rings. The van der Waals surface area contributed by atoms with Crippen molar-refractivity contribution < 1.29 is 14.5 Å². The van der Waals surface area contributed by atoms with E-state index >= 15 is 0 Å². The molecule has 0 fully saturated rings. The van der Waals surface area contributed by atoms with Crippen LogP contribution in [0.2, 0.25) is 5.02 Å². The topological polar surface area (TPSA) is 105 Å². The van der Waals surface area contributed by atoms with Crippen LogP contribution in [0.4, 0.5) is 11.4 Å². The Balaban J connectivity index is 1.49. The predicted molar refractivity (Wildman–Crippen MR) is 135 cm³/mol. The van der Waals surface area contributed by atoms with Crippen molar-refractivity contribution in [2.75, 3.05) is 5.32 Å². The van der Waals surface area contributed by atoms with Crippen molar-refractivity contribution in [3.8, 4) is 11.8 Å². The molecular weight excluding hydrogens is 466 g/mol. The number of benzene rings is 4. The van der Waals surface area contributed by atoms with Gasteiger partial charge in [-0.15, -0.1) is 0 Å². The van der Waals surface area contributed by atoms with E-state index in [0.29, 0.717) is 17.9 Å². The van der Waals surface area contributed by atoms with E-state index in [2.05, 4.69) is 5.32 Å². The SMILES string of the molecule is N#C/C(=C\c1cccc(OCc2cccc3ccccc23)c1)C(=O)Nc1ccc(Cl)c([N+](=O)[O-])c1. The van der Waals surface area contributed by atoms with Crippen LogP contribution in [0, 0.1) is 21.4 Å². The van der Waals surface area contributed by atoms with Crippen LogP contribution in [0.15, 0.2) is 90.5 Å². The number of fused-ring (bicyclic) bond motifs is 1. The third kappa shape index (κ3) is 5.64. The molecule has 0 spiro atoms. The zero-order valence-electron chi connectivity index (χ0n) is 18.3. The highest BCUT2D eigenvalue weighted by Crippen LogP contribution is 2.28. The van der Waals surface area contributed by atoms with Crippen LogP contribution < -0.4 is 10.1 Å². The molecule has 0 atom stereocenters. The standard InChI is InChI=1S/C27H18ClN3O4/c28-25-12-11-22(15-26(25)31(33)34)30-27(32)21(16-29)13-18-5-3-9-23(14-18)35-17-20-8-4-7-19-6-1-2-10-24(19)20/h1-15H,17H2,(H,30,32)/b21-13+. The molecule has 1 amide bonds. The molecule has 1 N–H and O–H groups in total. The molecule has 0 radical (unpaired) electrons. The first-order valence-electron chi connectivity index (χ1n) is 10.5. The lowest BCUT2D eigenvalue weighted by Crippen LogP contribution is -2.13. The molecular formula is C27H18ClN3O4. The molecule has 0 aliphatic carbocycles. The second-order valence-electron chi connectivity index (χ2n) is 7.55. The summed E-state index contributed by atoms with van der Waals surface area (Å²) in [5.41, 5.74) is 1.27. The number of rotatable bonds is 7. The van der Waals surface area contributed by atoms with Gasteiger partial charge in [-0.1, -0.05) is 66.2 Å². The van der Waals surface area contributed by atoms with Crippen LogP contribution >= 0.6 is 11.6 Å². The smallest absolute Gasteiger partial charge is 0.289 e. The summed E-state index contributed by atoms with van der Waals surface area (Å²) in [6.45, 7) is 0.357. The number of nitrogens with zero attached hydrogens (tertiary/aromatic N) is 2. The summed E-state index contributed by atoms with van der Waals surface area (Å²) >= 11 is 5.80. The summed E-state index contributed by atoms with van der Waals surface area (Å²) in [4.78, 5) is 23.0. The number of nitriles is 1. The lowest BCUT2D eigenvalue weighted by atomic mass is 10.1. The van der Waals surface area contributed by atoms with E-state index < -0.39 is 10.8 Å². The minimum absolute atomic E-state index is 0.0515. The number of halogens is 1. The maximum atomic E-state index is 12.6. The summed E-state index contributed by atoms with van der Waals surface area (Å²) in [5, 5.41) is 25.2. The quantitative estimate of drug-likeness (QED) is 0.139. The lowest BCUT2D eigenvalue weighted by molar-refractivity contribution is -0.384. The maximum absolute atomic E-state index is 12.6. The molecule has 7 nitrogen and oxygen atoms in total. The van der Waals surface area contributed by atoms with E-state index in [1.165, 1.54) is 18.2 Å². The van der Waals surface area contributed by atoms with Crippen molar-refractivity contribution in [2.24, 2.45) is 0 Å². The Kier molecular flexibility index (Phi) is 7.05. The fourth-order valence-electron chi connectivity index (χ4n) is 3.52. The molecule has 8 heteroatoms. The minimum atomic E-state index is -0.703. The number of amides is 1. The van der Waals surface area contributed by atoms with Gasteiger partial charge in [0.15, 0.2) is 0 Å². The van der Waals surface area contributed by atoms with Gasteiger partial charge in [0.25, 0.3) is 11.6 Å². The van der Waals surface area contributed by atoms with Gasteiger partial charge >= 0.3 is 0 Å². The summed E-state index contributed by atoms with van der Waals surface area (Å²) in [5.74, 6) is -0.121. The van der Waals surface area contributed by atoms with Crippen molar-refractivity contribution in [2.45, 2.75) is 6.61 Å². The first-order chi connectivity index (χ1) is 16.9. The molecule has 172 valence electrons. The summed E-state index contributed by atoms with van der Waals surface area (Å²) in [7, 11) is 0. The second-order valence-corrected chi connectivity index (χ2v) is 7.95. The predicted octanol–water partition coefficient (Wildman–Crippen LogP) is 6.53. The Morgan fingerprint density at radius 1 is 1.06 bits per heavy atom. The van der Waals surface area contributed by atoms with Crippen LogP contribution in [0.25, 0.3) is 16.8 Å². The van der Waals surface area contributed by atoms with Gasteiger partial charge in [0, 0.05) is 11.8 Å². The number of carbonyl (C=O) groups excluding carboxylic acids is 1. The molecule has 35 heavy (non-hydrogen) atoms. The van der Waals surface area contributed by atoms with Crippen LogP contribution in [-0.4, -0.2) is 10.8 Å². The average Bonchev–Trinajstić information content (AvgIpc) is 2.87. The van der Waals surface area contributed by atoms with Gasteiger partial charge in [0.2, 0.25) is 0 Å². The monoisotopic (exact) mass is 483 g/mol. The Morgan fingerprint density at radius 2 is 1.83 bits per heavy atom.